The number of carbonyl (C=O) groups is 1. The molecule has 0 aliphatic carbocycles. The average molecular weight is 302 g/mol. The van der Waals surface area contributed by atoms with Crippen LogP contribution in [0.15, 0.2) is 33.5 Å². The van der Waals surface area contributed by atoms with Crippen molar-refractivity contribution in [2.45, 2.75) is 19.3 Å². The van der Waals surface area contributed by atoms with Crippen LogP contribution in [0.25, 0.3) is 11.0 Å². The maximum Gasteiger partial charge on any atom is 0.349 e. The van der Waals surface area contributed by atoms with Gasteiger partial charge in [-0.3, -0.25) is 14.9 Å². The van der Waals surface area contributed by atoms with Gasteiger partial charge >= 0.3 is 5.63 Å². The summed E-state index contributed by atoms with van der Waals surface area (Å²) in [6.45, 7) is 1.23. The molecule has 7 heteroatoms. The van der Waals surface area contributed by atoms with Crippen LogP contribution in [0.1, 0.15) is 29.6 Å². The number of benzene rings is 1. The van der Waals surface area contributed by atoms with Gasteiger partial charge in [-0.25, -0.2) is 4.79 Å². The third-order valence-electron chi connectivity index (χ3n) is 3.80. The van der Waals surface area contributed by atoms with Crippen LogP contribution in [0.4, 0.5) is 5.69 Å². The second-order valence-electron chi connectivity index (χ2n) is 5.28. The summed E-state index contributed by atoms with van der Waals surface area (Å²) in [6.07, 6.45) is 2.90. The largest absolute Gasteiger partial charge is 0.422 e. The summed E-state index contributed by atoms with van der Waals surface area (Å²) in [4.78, 5) is 36.3. The molecule has 1 aromatic heterocycles. The van der Waals surface area contributed by atoms with Gasteiger partial charge in [-0.2, -0.15) is 0 Å². The molecule has 1 aliphatic rings. The van der Waals surface area contributed by atoms with Crippen molar-refractivity contribution in [3.05, 3.63) is 50.4 Å². The first-order valence-corrected chi connectivity index (χ1v) is 7.08. The molecule has 0 bridgehead atoms. The van der Waals surface area contributed by atoms with Crippen molar-refractivity contribution in [3.63, 3.8) is 0 Å². The molecule has 22 heavy (non-hydrogen) atoms. The molecule has 114 valence electrons. The quantitative estimate of drug-likeness (QED) is 0.482. The van der Waals surface area contributed by atoms with E-state index in [1.807, 2.05) is 0 Å². The summed E-state index contributed by atoms with van der Waals surface area (Å²) in [7, 11) is 0. The van der Waals surface area contributed by atoms with Gasteiger partial charge in [-0.05, 0) is 31.4 Å². The highest BCUT2D eigenvalue weighted by Crippen LogP contribution is 2.21. The number of nitrogens with zero attached hydrogens (tertiary/aromatic N) is 2. The molecular formula is C15H14N2O5. The number of amides is 1. The lowest BCUT2D eigenvalue weighted by atomic mass is 10.1. The Balaban J connectivity index is 2.05. The van der Waals surface area contributed by atoms with Crippen molar-refractivity contribution in [1.29, 1.82) is 0 Å². The zero-order chi connectivity index (χ0) is 15.7. The molecule has 0 spiro atoms. The summed E-state index contributed by atoms with van der Waals surface area (Å²) in [5.74, 6) is -0.373. The van der Waals surface area contributed by atoms with Crippen LogP contribution in [0.2, 0.25) is 0 Å². The lowest BCUT2D eigenvalue weighted by Gasteiger charge is -2.26. The molecule has 0 N–H and O–H groups in total. The third kappa shape index (κ3) is 2.57. The van der Waals surface area contributed by atoms with Crippen LogP contribution in [0.5, 0.6) is 0 Å². The first kappa shape index (κ1) is 14.2. The number of piperidine rings is 1. The van der Waals surface area contributed by atoms with E-state index in [4.69, 9.17) is 4.42 Å². The first-order valence-electron chi connectivity index (χ1n) is 7.08. The van der Waals surface area contributed by atoms with Gasteiger partial charge in [0.15, 0.2) is 0 Å². The highest BCUT2D eigenvalue weighted by Gasteiger charge is 2.22. The van der Waals surface area contributed by atoms with E-state index < -0.39 is 10.5 Å². The molecule has 2 heterocycles. The van der Waals surface area contributed by atoms with E-state index in [-0.39, 0.29) is 22.7 Å². The number of non-ortho nitro benzene ring substituents is 1. The Morgan fingerprint density at radius 3 is 2.59 bits per heavy atom. The monoisotopic (exact) mass is 302 g/mol. The molecule has 7 nitrogen and oxygen atoms in total. The molecule has 1 fully saturated rings. The fourth-order valence-electron chi connectivity index (χ4n) is 2.64. The topological polar surface area (TPSA) is 93.7 Å². The molecule has 2 aromatic rings. The summed E-state index contributed by atoms with van der Waals surface area (Å²) < 4.78 is 5.11. The van der Waals surface area contributed by atoms with E-state index in [0.29, 0.717) is 18.5 Å². The number of nitro benzene ring substituents is 1. The lowest BCUT2D eigenvalue weighted by Crippen LogP contribution is -2.37. The first-order chi connectivity index (χ1) is 10.6. The maximum atomic E-state index is 12.4. The summed E-state index contributed by atoms with van der Waals surface area (Å²) in [5, 5.41) is 11.2. The number of hydrogen-bond donors (Lipinski definition) is 0. The molecular weight excluding hydrogens is 288 g/mol. The molecule has 0 atom stereocenters. The van der Waals surface area contributed by atoms with Crippen molar-refractivity contribution in [1.82, 2.24) is 4.90 Å². The predicted molar refractivity (Wildman–Crippen MR) is 78.9 cm³/mol. The Morgan fingerprint density at radius 1 is 1.18 bits per heavy atom. The van der Waals surface area contributed by atoms with E-state index in [1.54, 1.807) is 4.90 Å². The van der Waals surface area contributed by atoms with Gasteiger partial charge in [-0.15, -0.1) is 0 Å². The Morgan fingerprint density at radius 2 is 1.91 bits per heavy atom. The van der Waals surface area contributed by atoms with Crippen molar-refractivity contribution < 1.29 is 14.1 Å². The molecule has 0 radical (unpaired) electrons. The van der Waals surface area contributed by atoms with E-state index >= 15 is 0 Å². The van der Waals surface area contributed by atoms with Crippen LogP contribution in [0, 0.1) is 10.1 Å². The molecule has 0 saturated carbocycles. The standard InChI is InChI=1S/C15H14N2O5/c18-14(16-6-2-1-3-7-16)12-9-10-8-11(17(20)21)4-5-13(10)22-15(12)19/h4-5,8-9H,1-3,6-7H2. The zero-order valence-electron chi connectivity index (χ0n) is 11.8. The lowest BCUT2D eigenvalue weighted by molar-refractivity contribution is -0.384. The van der Waals surface area contributed by atoms with E-state index in [2.05, 4.69) is 0 Å². The van der Waals surface area contributed by atoms with Gasteiger partial charge in [0, 0.05) is 30.6 Å². The highest BCUT2D eigenvalue weighted by atomic mass is 16.6. The van der Waals surface area contributed by atoms with Crippen molar-refractivity contribution >= 4 is 22.6 Å². The van der Waals surface area contributed by atoms with Crippen molar-refractivity contribution in [2.75, 3.05) is 13.1 Å². The molecule has 1 saturated heterocycles. The minimum absolute atomic E-state index is 0.0742. The van der Waals surface area contributed by atoms with E-state index in [9.17, 15) is 19.7 Å². The Bertz CT molecular complexity index is 805. The Labute approximate surface area is 125 Å². The number of likely N-dealkylation sites (tertiary alicyclic amines) is 1. The van der Waals surface area contributed by atoms with Crippen LogP contribution < -0.4 is 5.63 Å². The maximum absolute atomic E-state index is 12.4. The van der Waals surface area contributed by atoms with Crippen LogP contribution in [0.3, 0.4) is 0 Å². The van der Waals surface area contributed by atoms with Gasteiger partial charge in [0.2, 0.25) is 0 Å². The van der Waals surface area contributed by atoms with E-state index in [0.717, 1.165) is 19.3 Å². The van der Waals surface area contributed by atoms with Gasteiger partial charge < -0.3 is 9.32 Å². The number of rotatable bonds is 2. The fourth-order valence-corrected chi connectivity index (χ4v) is 2.64. The third-order valence-corrected chi connectivity index (χ3v) is 3.80. The molecule has 0 unspecified atom stereocenters. The van der Waals surface area contributed by atoms with E-state index in [1.165, 1.54) is 24.3 Å². The van der Waals surface area contributed by atoms with Gasteiger partial charge in [0.1, 0.15) is 11.1 Å². The fraction of sp³-hybridized carbons (Fsp3) is 0.333. The molecule has 1 aromatic carbocycles. The van der Waals surface area contributed by atoms with Crippen LogP contribution >= 0.6 is 0 Å². The molecule has 3 rings (SSSR count). The zero-order valence-corrected chi connectivity index (χ0v) is 11.8. The van der Waals surface area contributed by atoms with Crippen molar-refractivity contribution in [3.8, 4) is 0 Å². The Hall–Kier alpha value is -2.70. The van der Waals surface area contributed by atoms with Crippen LogP contribution in [-0.4, -0.2) is 28.8 Å². The number of carbonyl (C=O) groups excluding carboxylic acids is 1. The number of nitro groups is 1. The minimum atomic E-state index is -0.711. The van der Waals surface area contributed by atoms with Gasteiger partial charge in [0.05, 0.1) is 4.92 Å². The second-order valence-corrected chi connectivity index (χ2v) is 5.28. The second kappa shape index (κ2) is 5.59. The summed E-state index contributed by atoms with van der Waals surface area (Å²) >= 11 is 0. The smallest absolute Gasteiger partial charge is 0.349 e. The summed E-state index contributed by atoms with van der Waals surface area (Å²) in [6, 6.07) is 5.30. The van der Waals surface area contributed by atoms with Crippen LogP contribution in [-0.2, 0) is 0 Å². The highest BCUT2D eigenvalue weighted by molar-refractivity contribution is 5.97. The normalized spacial score (nSPS) is 15.0. The van der Waals surface area contributed by atoms with Gasteiger partial charge in [-0.1, -0.05) is 0 Å². The van der Waals surface area contributed by atoms with Gasteiger partial charge in [0.25, 0.3) is 11.6 Å². The predicted octanol–water partition coefficient (Wildman–Crippen LogP) is 2.33. The number of fused-ring (bicyclic) bond motifs is 1. The summed E-state index contributed by atoms with van der Waals surface area (Å²) in [5.41, 5.74) is -0.671. The molecule has 1 aliphatic heterocycles. The minimum Gasteiger partial charge on any atom is -0.422 e. The Kier molecular flexibility index (Phi) is 3.62. The number of hydrogen-bond acceptors (Lipinski definition) is 5. The average Bonchev–Trinajstić information content (AvgIpc) is 2.54. The van der Waals surface area contributed by atoms with Crippen molar-refractivity contribution in [2.24, 2.45) is 0 Å². The SMILES string of the molecule is O=C(c1cc2cc([N+](=O)[O-])ccc2oc1=O)N1CCCCC1. The molecule has 1 amide bonds.